The molecule has 5 heteroatoms. The number of aryl methyl sites for hydroxylation is 1. The van der Waals surface area contributed by atoms with E-state index >= 15 is 0 Å². The van der Waals surface area contributed by atoms with E-state index in [9.17, 15) is 14.7 Å². The van der Waals surface area contributed by atoms with Crippen molar-refractivity contribution in [3.05, 3.63) is 70.3 Å². The van der Waals surface area contributed by atoms with Gasteiger partial charge in [0, 0.05) is 12.1 Å². The maximum absolute atomic E-state index is 12.8. The van der Waals surface area contributed by atoms with Gasteiger partial charge in [-0.3, -0.25) is 9.59 Å². The fraction of sp³-hybridized carbons (Fsp3) is 0.217. The van der Waals surface area contributed by atoms with Gasteiger partial charge >= 0.3 is 0 Å². The fourth-order valence-electron chi connectivity index (χ4n) is 3.27. The van der Waals surface area contributed by atoms with Gasteiger partial charge in [0.1, 0.15) is 11.5 Å². The minimum absolute atomic E-state index is 0.00593. The minimum Gasteiger partial charge on any atom is -0.506 e. The van der Waals surface area contributed by atoms with Gasteiger partial charge in [0.05, 0.1) is 18.2 Å². The Balaban J connectivity index is 2.05. The standard InChI is InChI=1S/C23H23NO4/c1-15-3-5-16(6-4-15)7-8-19(26)21-18(14-25)13-20(28-2)22(23(21)27)17-9-11-24-12-10-17/h3-9,13-14,24,27H,10-12H2,1-2H3. The molecule has 2 N–H and O–H groups in total. The van der Waals surface area contributed by atoms with Crippen LogP contribution in [0.25, 0.3) is 11.6 Å². The Hall–Kier alpha value is -3.18. The lowest BCUT2D eigenvalue weighted by Crippen LogP contribution is -2.20. The summed E-state index contributed by atoms with van der Waals surface area (Å²) in [6.45, 7) is 3.42. The first kappa shape index (κ1) is 19.6. The van der Waals surface area contributed by atoms with E-state index in [1.54, 1.807) is 6.08 Å². The first-order valence-electron chi connectivity index (χ1n) is 9.13. The molecule has 0 spiro atoms. The highest BCUT2D eigenvalue weighted by Crippen LogP contribution is 2.40. The molecule has 0 aromatic heterocycles. The molecule has 0 atom stereocenters. The Morgan fingerprint density at radius 3 is 2.61 bits per heavy atom. The van der Waals surface area contributed by atoms with Crippen LogP contribution in [0.5, 0.6) is 11.5 Å². The van der Waals surface area contributed by atoms with E-state index in [0.29, 0.717) is 30.6 Å². The summed E-state index contributed by atoms with van der Waals surface area (Å²) in [7, 11) is 1.48. The van der Waals surface area contributed by atoms with Crippen molar-refractivity contribution in [1.82, 2.24) is 5.32 Å². The Kier molecular flexibility index (Phi) is 6.06. The lowest BCUT2D eigenvalue weighted by atomic mass is 9.91. The van der Waals surface area contributed by atoms with Gasteiger partial charge in [0.15, 0.2) is 12.1 Å². The average molecular weight is 377 g/mol. The van der Waals surface area contributed by atoms with Crippen LogP contribution in [-0.4, -0.2) is 37.4 Å². The number of allylic oxidation sites excluding steroid dienone is 1. The van der Waals surface area contributed by atoms with Gasteiger partial charge in [-0.1, -0.05) is 42.0 Å². The molecule has 1 heterocycles. The lowest BCUT2D eigenvalue weighted by Gasteiger charge is -2.20. The van der Waals surface area contributed by atoms with E-state index in [-0.39, 0.29) is 16.9 Å². The second kappa shape index (κ2) is 8.67. The fourth-order valence-corrected chi connectivity index (χ4v) is 3.27. The number of nitrogens with one attached hydrogen (secondary N) is 1. The molecule has 28 heavy (non-hydrogen) atoms. The third-order valence-electron chi connectivity index (χ3n) is 4.78. The normalized spacial score (nSPS) is 14.0. The number of rotatable bonds is 6. The average Bonchev–Trinajstić information content (AvgIpc) is 2.72. The van der Waals surface area contributed by atoms with Crippen molar-refractivity contribution in [1.29, 1.82) is 0 Å². The van der Waals surface area contributed by atoms with Crippen molar-refractivity contribution in [2.45, 2.75) is 13.3 Å². The number of ketones is 1. The molecule has 0 bridgehead atoms. The summed E-state index contributed by atoms with van der Waals surface area (Å²) in [4.78, 5) is 24.4. The molecular weight excluding hydrogens is 354 g/mol. The second-order valence-corrected chi connectivity index (χ2v) is 6.68. The van der Waals surface area contributed by atoms with Crippen molar-refractivity contribution in [3.63, 3.8) is 0 Å². The van der Waals surface area contributed by atoms with Crippen molar-refractivity contribution >= 4 is 23.7 Å². The smallest absolute Gasteiger partial charge is 0.190 e. The van der Waals surface area contributed by atoms with Gasteiger partial charge < -0.3 is 15.2 Å². The minimum atomic E-state index is -0.432. The maximum Gasteiger partial charge on any atom is 0.190 e. The molecule has 3 rings (SSSR count). The van der Waals surface area contributed by atoms with Gasteiger partial charge in [-0.05, 0) is 43.2 Å². The predicted octanol–water partition coefficient (Wildman–Crippen LogP) is 3.79. The highest BCUT2D eigenvalue weighted by molar-refractivity contribution is 6.14. The first-order chi connectivity index (χ1) is 13.5. The number of methoxy groups -OCH3 is 1. The van der Waals surface area contributed by atoms with Crippen LogP contribution in [0.15, 0.2) is 42.5 Å². The SMILES string of the molecule is COc1cc(C=O)c(C(=O)C=Cc2ccc(C)cc2)c(O)c1C1=CCNCC1. The molecule has 0 aliphatic carbocycles. The number of aldehydes is 1. The molecule has 144 valence electrons. The molecular formula is C23H23NO4. The third-order valence-corrected chi connectivity index (χ3v) is 4.78. The highest BCUT2D eigenvalue weighted by atomic mass is 16.5. The van der Waals surface area contributed by atoms with Crippen LogP contribution in [0.3, 0.4) is 0 Å². The number of ether oxygens (including phenoxy) is 1. The van der Waals surface area contributed by atoms with E-state index in [0.717, 1.165) is 23.2 Å². The molecule has 1 aliphatic rings. The number of carbonyl (C=O) groups excluding carboxylic acids is 2. The predicted molar refractivity (Wildman–Crippen MR) is 110 cm³/mol. The maximum atomic E-state index is 12.8. The summed E-state index contributed by atoms with van der Waals surface area (Å²) in [5.74, 6) is -0.265. The van der Waals surface area contributed by atoms with Crippen LogP contribution in [0.2, 0.25) is 0 Å². The quantitative estimate of drug-likeness (QED) is 0.455. The number of hydrogen-bond donors (Lipinski definition) is 2. The van der Waals surface area contributed by atoms with Crippen LogP contribution in [0.4, 0.5) is 0 Å². The van der Waals surface area contributed by atoms with Crippen LogP contribution in [0.1, 0.15) is 43.8 Å². The topological polar surface area (TPSA) is 75.6 Å². The van der Waals surface area contributed by atoms with E-state index in [1.165, 1.54) is 19.3 Å². The molecule has 0 saturated heterocycles. The summed E-state index contributed by atoms with van der Waals surface area (Å²) >= 11 is 0. The number of phenolic OH excluding ortho intramolecular Hbond substituents is 1. The molecule has 0 amide bonds. The van der Waals surface area contributed by atoms with E-state index in [2.05, 4.69) is 5.32 Å². The lowest BCUT2D eigenvalue weighted by molar-refractivity contribution is 0.103. The van der Waals surface area contributed by atoms with Crippen LogP contribution in [0, 0.1) is 6.92 Å². The zero-order valence-electron chi connectivity index (χ0n) is 16.0. The summed E-state index contributed by atoms with van der Waals surface area (Å²) in [6, 6.07) is 9.22. The number of carbonyl (C=O) groups is 2. The Labute approximate surface area is 164 Å². The van der Waals surface area contributed by atoms with Crippen molar-refractivity contribution < 1.29 is 19.4 Å². The summed E-state index contributed by atoms with van der Waals surface area (Å²) in [6.07, 6.45) is 6.26. The number of phenols is 1. The largest absolute Gasteiger partial charge is 0.506 e. The molecule has 0 unspecified atom stereocenters. The van der Waals surface area contributed by atoms with Crippen molar-refractivity contribution in [2.75, 3.05) is 20.2 Å². The molecule has 0 saturated carbocycles. The first-order valence-corrected chi connectivity index (χ1v) is 9.13. The number of benzene rings is 2. The molecule has 1 aliphatic heterocycles. The molecule has 5 nitrogen and oxygen atoms in total. The second-order valence-electron chi connectivity index (χ2n) is 6.68. The molecule has 2 aromatic carbocycles. The monoisotopic (exact) mass is 377 g/mol. The van der Waals surface area contributed by atoms with Gasteiger partial charge in [0.25, 0.3) is 0 Å². The van der Waals surface area contributed by atoms with E-state index in [1.807, 2.05) is 37.3 Å². The van der Waals surface area contributed by atoms with E-state index < -0.39 is 5.78 Å². The van der Waals surface area contributed by atoms with Crippen LogP contribution >= 0.6 is 0 Å². The van der Waals surface area contributed by atoms with Gasteiger partial charge in [-0.25, -0.2) is 0 Å². The highest BCUT2D eigenvalue weighted by Gasteiger charge is 2.24. The third kappa shape index (κ3) is 4.05. The number of aromatic hydroxyl groups is 1. The molecule has 2 aromatic rings. The molecule has 0 radical (unpaired) electrons. The van der Waals surface area contributed by atoms with E-state index in [4.69, 9.17) is 4.74 Å². The summed E-state index contributed by atoms with van der Waals surface area (Å²) in [5.41, 5.74) is 3.45. The van der Waals surface area contributed by atoms with Crippen LogP contribution < -0.4 is 10.1 Å². The van der Waals surface area contributed by atoms with Crippen molar-refractivity contribution in [2.24, 2.45) is 0 Å². The number of hydrogen-bond acceptors (Lipinski definition) is 5. The summed E-state index contributed by atoms with van der Waals surface area (Å²) in [5, 5.41) is 14.1. The zero-order valence-corrected chi connectivity index (χ0v) is 16.0. The van der Waals surface area contributed by atoms with Gasteiger partial charge in [-0.2, -0.15) is 0 Å². The molecule has 0 fully saturated rings. The van der Waals surface area contributed by atoms with Gasteiger partial charge in [-0.15, -0.1) is 0 Å². The van der Waals surface area contributed by atoms with Crippen molar-refractivity contribution in [3.8, 4) is 11.5 Å². The zero-order chi connectivity index (χ0) is 20.1. The Morgan fingerprint density at radius 2 is 2.00 bits per heavy atom. The van der Waals surface area contributed by atoms with Gasteiger partial charge in [0.2, 0.25) is 0 Å². The Morgan fingerprint density at radius 1 is 1.25 bits per heavy atom. The summed E-state index contributed by atoms with van der Waals surface area (Å²) < 4.78 is 5.39. The Bertz CT molecular complexity index is 956. The van der Waals surface area contributed by atoms with Crippen LogP contribution in [-0.2, 0) is 0 Å².